The molecule has 0 aliphatic carbocycles. The Hall–Kier alpha value is -1.89. The molecule has 0 atom stereocenters. The summed E-state index contributed by atoms with van der Waals surface area (Å²) >= 11 is 0. The molecule has 0 saturated carbocycles. The number of hydrogen-bond acceptors (Lipinski definition) is 6. The molecular formula is C12H23N6O+. The molecule has 7 nitrogen and oxygen atoms in total. The number of nitrogens with zero attached hydrogens (tertiary/aromatic N) is 2. The Kier molecular flexibility index (Phi) is 7.26. The van der Waals surface area contributed by atoms with Gasteiger partial charge in [0.25, 0.3) is 0 Å². The van der Waals surface area contributed by atoms with Crippen LogP contribution in [0.1, 0.15) is 26.7 Å². The molecule has 0 aliphatic heterocycles. The maximum Gasteiger partial charge on any atom is 0.344 e. The molecule has 0 bridgehead atoms. The minimum absolute atomic E-state index is 0.386. The molecule has 0 unspecified atom stereocenters. The Bertz CT molecular complexity index is 358. The molecule has 0 radical (unpaired) electrons. The summed E-state index contributed by atoms with van der Waals surface area (Å²) in [5.74, 6) is 1.71. The first-order valence-corrected chi connectivity index (χ1v) is 6.58. The van der Waals surface area contributed by atoms with Gasteiger partial charge in [-0.3, -0.25) is 4.84 Å². The topological polar surface area (TPSA) is 85.2 Å². The summed E-state index contributed by atoms with van der Waals surface area (Å²) in [4.78, 5) is 16.7. The van der Waals surface area contributed by atoms with Crippen LogP contribution in [0.4, 0.5) is 17.8 Å². The zero-order chi connectivity index (χ0) is 13.9. The molecule has 0 aliphatic rings. The van der Waals surface area contributed by atoms with E-state index in [1.165, 1.54) is 0 Å². The van der Waals surface area contributed by atoms with Crippen molar-refractivity contribution in [2.24, 2.45) is 0 Å². The molecule has 19 heavy (non-hydrogen) atoms. The largest absolute Gasteiger partial charge is 0.344 e. The molecule has 106 valence electrons. The van der Waals surface area contributed by atoms with E-state index in [2.05, 4.69) is 51.5 Å². The second-order valence-electron chi connectivity index (χ2n) is 3.92. The van der Waals surface area contributed by atoms with Crippen LogP contribution in [-0.2, 0) is 4.84 Å². The molecule has 4 N–H and O–H groups in total. The van der Waals surface area contributed by atoms with Gasteiger partial charge in [-0.05, 0) is 12.8 Å². The van der Waals surface area contributed by atoms with Crippen molar-refractivity contribution < 1.29 is 9.82 Å². The molecular weight excluding hydrogens is 244 g/mol. The third-order valence-electron chi connectivity index (χ3n) is 2.12. The van der Waals surface area contributed by atoms with Gasteiger partial charge in [-0.2, -0.15) is 0 Å². The maximum atomic E-state index is 5.13. The molecule has 1 aromatic heterocycles. The van der Waals surface area contributed by atoms with Crippen molar-refractivity contribution in [1.82, 2.24) is 9.97 Å². The quantitative estimate of drug-likeness (QED) is 0.338. The number of anilines is 3. The van der Waals surface area contributed by atoms with Crippen LogP contribution < -0.4 is 21.1 Å². The van der Waals surface area contributed by atoms with Crippen LogP contribution >= 0.6 is 0 Å². The number of aromatic nitrogens is 3. The first kappa shape index (κ1) is 15.2. The summed E-state index contributed by atoms with van der Waals surface area (Å²) in [5, 5.41) is 6.36. The summed E-state index contributed by atoms with van der Waals surface area (Å²) in [5.41, 5.74) is 2.69. The van der Waals surface area contributed by atoms with Crippen molar-refractivity contribution in [1.29, 1.82) is 0 Å². The molecule has 7 heteroatoms. The second kappa shape index (κ2) is 9.09. The lowest BCUT2D eigenvalue weighted by Gasteiger charge is -2.05. The van der Waals surface area contributed by atoms with Gasteiger partial charge < -0.3 is 10.6 Å². The van der Waals surface area contributed by atoms with Crippen molar-refractivity contribution in [3.63, 3.8) is 0 Å². The molecule has 0 amide bonds. The van der Waals surface area contributed by atoms with Crippen molar-refractivity contribution >= 4 is 17.8 Å². The van der Waals surface area contributed by atoms with E-state index in [4.69, 9.17) is 4.84 Å². The van der Waals surface area contributed by atoms with Crippen molar-refractivity contribution in [3.8, 4) is 0 Å². The van der Waals surface area contributed by atoms with Crippen LogP contribution in [0.5, 0.6) is 0 Å². The smallest absolute Gasteiger partial charge is 0.307 e. The van der Waals surface area contributed by atoms with E-state index >= 15 is 0 Å². The van der Waals surface area contributed by atoms with Crippen LogP contribution in [0.15, 0.2) is 12.7 Å². The standard InChI is InChI=1S/C12H22N6O/c1-4-7-13-10-15-11(14-8-5-2)17-12(16-10)18-19-9-6-3/h6H,3-5,7-9H2,1-2H3,(H3,13,14,15,16,17,18)/p+1. The number of hydrogen-bond donors (Lipinski definition) is 3. The Morgan fingerprint density at radius 2 is 1.74 bits per heavy atom. The minimum Gasteiger partial charge on any atom is -0.307 e. The van der Waals surface area contributed by atoms with Gasteiger partial charge in [0.15, 0.2) is 0 Å². The summed E-state index contributed by atoms with van der Waals surface area (Å²) < 4.78 is 0. The Labute approximate surface area is 113 Å². The van der Waals surface area contributed by atoms with Gasteiger partial charge in [0.05, 0.1) is 6.61 Å². The van der Waals surface area contributed by atoms with Crippen LogP contribution in [0.3, 0.4) is 0 Å². The van der Waals surface area contributed by atoms with E-state index in [1.807, 2.05) is 0 Å². The SMILES string of the molecule is C=CCONc1nc(NCCC)[nH+]c(NCCC)n1. The minimum atomic E-state index is 0.386. The molecule has 0 aromatic carbocycles. The lowest BCUT2D eigenvalue weighted by molar-refractivity contribution is -0.352. The third-order valence-corrected chi connectivity index (χ3v) is 2.12. The van der Waals surface area contributed by atoms with Crippen LogP contribution in [0, 0.1) is 0 Å². The first-order valence-electron chi connectivity index (χ1n) is 6.58. The Morgan fingerprint density at radius 3 is 2.21 bits per heavy atom. The predicted molar refractivity (Wildman–Crippen MR) is 75.9 cm³/mol. The van der Waals surface area contributed by atoms with E-state index in [1.54, 1.807) is 6.08 Å². The van der Waals surface area contributed by atoms with Crippen molar-refractivity contribution in [3.05, 3.63) is 12.7 Å². The monoisotopic (exact) mass is 267 g/mol. The highest BCUT2D eigenvalue weighted by Gasteiger charge is 2.11. The summed E-state index contributed by atoms with van der Waals surface area (Å²) in [6.45, 7) is 9.83. The van der Waals surface area contributed by atoms with Gasteiger partial charge in [-0.15, -0.1) is 6.58 Å². The first-order chi connectivity index (χ1) is 9.30. The van der Waals surface area contributed by atoms with E-state index < -0.39 is 0 Å². The Morgan fingerprint density at radius 1 is 1.16 bits per heavy atom. The zero-order valence-corrected chi connectivity index (χ0v) is 11.6. The van der Waals surface area contributed by atoms with Crippen LogP contribution in [-0.4, -0.2) is 29.7 Å². The molecule has 0 fully saturated rings. The molecule has 0 spiro atoms. The second-order valence-corrected chi connectivity index (χ2v) is 3.92. The Balaban J connectivity index is 2.72. The van der Waals surface area contributed by atoms with Gasteiger partial charge in [0, 0.05) is 13.1 Å². The number of nitrogens with one attached hydrogen (secondary N) is 4. The summed E-state index contributed by atoms with van der Waals surface area (Å²) in [6.07, 6.45) is 3.69. The van der Waals surface area contributed by atoms with E-state index in [-0.39, 0.29) is 0 Å². The van der Waals surface area contributed by atoms with Crippen LogP contribution in [0.25, 0.3) is 0 Å². The average molecular weight is 267 g/mol. The maximum absolute atomic E-state index is 5.13. The highest BCUT2D eigenvalue weighted by Crippen LogP contribution is 2.04. The van der Waals surface area contributed by atoms with E-state index in [9.17, 15) is 0 Å². The van der Waals surface area contributed by atoms with Crippen LogP contribution in [0.2, 0.25) is 0 Å². The average Bonchev–Trinajstić information content (AvgIpc) is 2.43. The van der Waals surface area contributed by atoms with Crippen molar-refractivity contribution in [2.45, 2.75) is 26.7 Å². The fourth-order valence-corrected chi connectivity index (χ4v) is 1.27. The number of aromatic amines is 1. The highest BCUT2D eigenvalue weighted by atomic mass is 16.6. The molecule has 1 aromatic rings. The molecule has 1 heterocycles. The molecule has 0 saturated heterocycles. The number of rotatable bonds is 10. The summed E-state index contributed by atoms with van der Waals surface area (Å²) in [7, 11) is 0. The fraction of sp³-hybridized carbons (Fsp3) is 0.583. The predicted octanol–water partition coefficient (Wildman–Crippen LogP) is 1.46. The highest BCUT2D eigenvalue weighted by molar-refractivity contribution is 5.33. The van der Waals surface area contributed by atoms with Gasteiger partial charge in [0.1, 0.15) is 0 Å². The van der Waals surface area contributed by atoms with Gasteiger partial charge >= 0.3 is 17.8 Å². The number of H-pyrrole nitrogens is 1. The normalized spacial score (nSPS) is 10.0. The lowest BCUT2D eigenvalue weighted by Crippen LogP contribution is -2.24. The van der Waals surface area contributed by atoms with Gasteiger partial charge in [0.2, 0.25) is 0 Å². The molecule has 1 rings (SSSR count). The fourth-order valence-electron chi connectivity index (χ4n) is 1.27. The van der Waals surface area contributed by atoms with Crippen molar-refractivity contribution in [2.75, 3.05) is 35.8 Å². The third kappa shape index (κ3) is 6.01. The van der Waals surface area contributed by atoms with Gasteiger partial charge in [-0.1, -0.05) is 29.9 Å². The van der Waals surface area contributed by atoms with E-state index in [0.29, 0.717) is 24.5 Å². The summed E-state index contributed by atoms with van der Waals surface area (Å²) in [6, 6.07) is 0. The lowest BCUT2D eigenvalue weighted by atomic mass is 10.5. The zero-order valence-electron chi connectivity index (χ0n) is 11.6. The van der Waals surface area contributed by atoms with Gasteiger partial charge in [-0.25, -0.2) is 10.5 Å². The van der Waals surface area contributed by atoms with E-state index in [0.717, 1.165) is 25.9 Å².